The molecule has 1 N–H and O–H groups in total. The van der Waals surface area contributed by atoms with Crippen LogP contribution in [-0.2, 0) is 6.54 Å². The Balaban J connectivity index is 2.39. The van der Waals surface area contributed by atoms with E-state index in [2.05, 4.69) is 37.6 Å². The average molecular weight is 280 g/mol. The highest BCUT2D eigenvalue weighted by atomic mass is 35.5. The molecule has 0 aliphatic rings. The summed E-state index contributed by atoms with van der Waals surface area (Å²) >= 11 is 6.10. The fraction of sp³-hybridized carbons (Fsp3) is 0.533. The van der Waals surface area contributed by atoms with Gasteiger partial charge in [-0.05, 0) is 45.4 Å². The Morgan fingerprint density at radius 1 is 1.32 bits per heavy atom. The molecule has 3 nitrogen and oxygen atoms in total. The first-order valence-corrected chi connectivity index (χ1v) is 7.30. The highest BCUT2D eigenvalue weighted by molar-refractivity contribution is 6.31. The van der Waals surface area contributed by atoms with E-state index in [0.29, 0.717) is 12.1 Å². The van der Waals surface area contributed by atoms with Crippen LogP contribution in [0.1, 0.15) is 46.0 Å². The van der Waals surface area contributed by atoms with Crippen LogP contribution in [0.2, 0.25) is 5.02 Å². The second kappa shape index (κ2) is 5.93. The van der Waals surface area contributed by atoms with Crippen molar-refractivity contribution in [3.05, 3.63) is 29.0 Å². The SMILES string of the molecule is CCC(C)NCc1nc2ccc(Cl)cc2n1C(C)C. The molecule has 0 spiro atoms. The van der Waals surface area contributed by atoms with Crippen molar-refractivity contribution in [1.82, 2.24) is 14.9 Å². The highest BCUT2D eigenvalue weighted by Gasteiger charge is 2.13. The van der Waals surface area contributed by atoms with E-state index in [-0.39, 0.29) is 0 Å². The van der Waals surface area contributed by atoms with E-state index in [0.717, 1.165) is 34.8 Å². The van der Waals surface area contributed by atoms with E-state index in [1.165, 1.54) is 0 Å². The standard InChI is InChI=1S/C15H22ClN3/c1-5-11(4)17-9-15-18-13-7-6-12(16)8-14(13)19(15)10(2)3/h6-8,10-11,17H,5,9H2,1-4H3. The summed E-state index contributed by atoms with van der Waals surface area (Å²) in [6.07, 6.45) is 1.12. The monoisotopic (exact) mass is 279 g/mol. The van der Waals surface area contributed by atoms with Gasteiger partial charge in [0.1, 0.15) is 5.82 Å². The lowest BCUT2D eigenvalue weighted by atomic mass is 10.2. The van der Waals surface area contributed by atoms with Crippen LogP contribution in [0.5, 0.6) is 0 Å². The summed E-state index contributed by atoms with van der Waals surface area (Å²) in [4.78, 5) is 4.72. The van der Waals surface area contributed by atoms with Crippen molar-refractivity contribution in [2.45, 2.75) is 52.7 Å². The molecule has 0 bridgehead atoms. The lowest BCUT2D eigenvalue weighted by Gasteiger charge is -2.15. The fourth-order valence-corrected chi connectivity index (χ4v) is 2.39. The molecular formula is C15H22ClN3. The Hall–Kier alpha value is -1.06. The molecule has 1 unspecified atom stereocenters. The van der Waals surface area contributed by atoms with Gasteiger partial charge in [-0.3, -0.25) is 0 Å². The second-order valence-corrected chi connectivity index (χ2v) is 5.75. The fourth-order valence-electron chi connectivity index (χ4n) is 2.23. The molecule has 1 aromatic carbocycles. The number of rotatable bonds is 5. The molecule has 2 rings (SSSR count). The minimum Gasteiger partial charge on any atom is -0.324 e. The van der Waals surface area contributed by atoms with Gasteiger partial charge in [-0.25, -0.2) is 4.98 Å². The van der Waals surface area contributed by atoms with Crippen LogP contribution in [-0.4, -0.2) is 15.6 Å². The molecule has 0 aliphatic carbocycles. The molecule has 19 heavy (non-hydrogen) atoms. The lowest BCUT2D eigenvalue weighted by Crippen LogP contribution is -2.26. The maximum absolute atomic E-state index is 6.10. The molecule has 0 saturated heterocycles. The average Bonchev–Trinajstić information content (AvgIpc) is 2.73. The normalized spacial score (nSPS) is 13.4. The zero-order chi connectivity index (χ0) is 14.0. The summed E-state index contributed by atoms with van der Waals surface area (Å²) in [5.74, 6) is 1.08. The minimum atomic E-state index is 0.372. The molecule has 0 fully saturated rings. The number of nitrogens with one attached hydrogen (secondary N) is 1. The van der Waals surface area contributed by atoms with Crippen LogP contribution in [0, 0.1) is 0 Å². The maximum Gasteiger partial charge on any atom is 0.124 e. The van der Waals surface area contributed by atoms with Crippen molar-refractivity contribution in [2.75, 3.05) is 0 Å². The summed E-state index contributed by atoms with van der Waals surface area (Å²) in [7, 11) is 0. The molecule has 1 aromatic heterocycles. The van der Waals surface area contributed by atoms with E-state index in [4.69, 9.17) is 16.6 Å². The van der Waals surface area contributed by atoms with Crippen LogP contribution in [0.25, 0.3) is 11.0 Å². The van der Waals surface area contributed by atoms with E-state index in [1.54, 1.807) is 0 Å². The number of benzene rings is 1. The first kappa shape index (κ1) is 14.4. The molecule has 0 radical (unpaired) electrons. The summed E-state index contributed by atoms with van der Waals surface area (Å²) in [5.41, 5.74) is 2.13. The summed E-state index contributed by atoms with van der Waals surface area (Å²) < 4.78 is 2.26. The molecule has 1 heterocycles. The van der Waals surface area contributed by atoms with Crippen molar-refractivity contribution in [1.29, 1.82) is 0 Å². The van der Waals surface area contributed by atoms with E-state index >= 15 is 0 Å². The first-order chi connectivity index (χ1) is 9.02. The number of hydrogen-bond acceptors (Lipinski definition) is 2. The van der Waals surface area contributed by atoms with Gasteiger partial charge < -0.3 is 9.88 Å². The number of imidazole rings is 1. The van der Waals surface area contributed by atoms with Gasteiger partial charge in [0.25, 0.3) is 0 Å². The molecule has 2 aromatic rings. The van der Waals surface area contributed by atoms with Gasteiger partial charge in [-0.2, -0.15) is 0 Å². The van der Waals surface area contributed by atoms with Crippen molar-refractivity contribution in [3.8, 4) is 0 Å². The Bertz CT molecular complexity index is 560. The van der Waals surface area contributed by atoms with Gasteiger partial charge in [0.05, 0.1) is 17.6 Å². The quantitative estimate of drug-likeness (QED) is 0.891. The smallest absolute Gasteiger partial charge is 0.124 e. The number of halogens is 1. The zero-order valence-corrected chi connectivity index (χ0v) is 12.8. The van der Waals surface area contributed by atoms with E-state index in [9.17, 15) is 0 Å². The maximum atomic E-state index is 6.10. The van der Waals surface area contributed by atoms with Crippen molar-refractivity contribution in [3.63, 3.8) is 0 Å². The van der Waals surface area contributed by atoms with Crippen LogP contribution in [0.15, 0.2) is 18.2 Å². The molecule has 104 valence electrons. The number of hydrogen-bond donors (Lipinski definition) is 1. The predicted octanol–water partition coefficient (Wildman–Crippen LogP) is 4.16. The van der Waals surface area contributed by atoms with Crippen molar-refractivity contribution < 1.29 is 0 Å². The minimum absolute atomic E-state index is 0.372. The largest absolute Gasteiger partial charge is 0.324 e. The molecule has 4 heteroatoms. The van der Waals surface area contributed by atoms with Gasteiger partial charge in [-0.15, -0.1) is 0 Å². The van der Waals surface area contributed by atoms with Crippen LogP contribution < -0.4 is 5.32 Å². The number of fused-ring (bicyclic) bond motifs is 1. The topological polar surface area (TPSA) is 29.9 Å². The second-order valence-electron chi connectivity index (χ2n) is 5.32. The van der Waals surface area contributed by atoms with Gasteiger partial charge in [0, 0.05) is 17.1 Å². The van der Waals surface area contributed by atoms with Crippen LogP contribution in [0.4, 0.5) is 0 Å². The molecule has 0 amide bonds. The summed E-state index contributed by atoms with van der Waals surface area (Å²) in [6.45, 7) is 9.52. The molecular weight excluding hydrogens is 258 g/mol. The third-order valence-corrected chi connectivity index (χ3v) is 3.70. The summed E-state index contributed by atoms with van der Waals surface area (Å²) in [5, 5.41) is 4.26. The Kier molecular flexibility index (Phi) is 4.48. The van der Waals surface area contributed by atoms with Crippen molar-refractivity contribution >= 4 is 22.6 Å². The molecule has 1 atom stereocenters. The van der Waals surface area contributed by atoms with Gasteiger partial charge in [0.2, 0.25) is 0 Å². The Morgan fingerprint density at radius 3 is 2.68 bits per heavy atom. The third kappa shape index (κ3) is 3.10. The third-order valence-electron chi connectivity index (χ3n) is 3.46. The predicted molar refractivity (Wildman–Crippen MR) is 81.7 cm³/mol. The Labute approximate surface area is 120 Å². The number of aromatic nitrogens is 2. The first-order valence-electron chi connectivity index (χ1n) is 6.92. The summed E-state index contributed by atoms with van der Waals surface area (Å²) in [6, 6.07) is 6.76. The Morgan fingerprint density at radius 2 is 2.05 bits per heavy atom. The van der Waals surface area contributed by atoms with E-state index in [1.807, 2.05) is 18.2 Å². The van der Waals surface area contributed by atoms with Gasteiger partial charge >= 0.3 is 0 Å². The van der Waals surface area contributed by atoms with Crippen molar-refractivity contribution in [2.24, 2.45) is 0 Å². The molecule has 0 aliphatic heterocycles. The molecule has 0 saturated carbocycles. The highest BCUT2D eigenvalue weighted by Crippen LogP contribution is 2.24. The number of nitrogens with zero attached hydrogens (tertiary/aromatic N) is 2. The lowest BCUT2D eigenvalue weighted by molar-refractivity contribution is 0.496. The zero-order valence-electron chi connectivity index (χ0n) is 12.1. The van der Waals surface area contributed by atoms with Gasteiger partial charge in [0.15, 0.2) is 0 Å². The van der Waals surface area contributed by atoms with E-state index < -0.39 is 0 Å². The van der Waals surface area contributed by atoms with Crippen LogP contribution >= 0.6 is 11.6 Å². The van der Waals surface area contributed by atoms with Gasteiger partial charge in [-0.1, -0.05) is 18.5 Å². The van der Waals surface area contributed by atoms with Crippen LogP contribution in [0.3, 0.4) is 0 Å².